The molecule has 0 fully saturated rings. The zero-order valence-electron chi connectivity index (χ0n) is 18.2. The Morgan fingerprint density at radius 3 is 2.44 bits per heavy atom. The quantitative estimate of drug-likeness (QED) is 0.510. The maximum atomic E-state index is 12.6. The number of rotatable bonds is 9. The smallest absolute Gasteiger partial charge is 0.359 e. The van der Waals surface area contributed by atoms with Crippen LogP contribution in [0.5, 0.6) is 11.5 Å². The van der Waals surface area contributed by atoms with E-state index in [2.05, 4.69) is 10.4 Å². The summed E-state index contributed by atoms with van der Waals surface area (Å²) < 4.78 is 16.8. The Morgan fingerprint density at radius 2 is 1.75 bits per heavy atom. The third-order valence-electron chi connectivity index (χ3n) is 4.77. The second-order valence-corrected chi connectivity index (χ2v) is 6.96. The van der Waals surface area contributed by atoms with Gasteiger partial charge in [-0.3, -0.25) is 9.59 Å². The van der Waals surface area contributed by atoms with Crippen molar-refractivity contribution in [3.05, 3.63) is 64.1 Å². The molecule has 9 nitrogen and oxygen atoms in total. The predicted octanol–water partition coefficient (Wildman–Crippen LogP) is 2.30. The number of esters is 1. The Kier molecular flexibility index (Phi) is 7.43. The predicted molar refractivity (Wildman–Crippen MR) is 118 cm³/mol. The maximum absolute atomic E-state index is 12.6. The molecule has 3 aromatic rings. The normalized spacial score (nSPS) is 10.6. The molecule has 0 aliphatic rings. The van der Waals surface area contributed by atoms with Gasteiger partial charge in [-0.05, 0) is 30.2 Å². The molecule has 0 bridgehead atoms. The van der Waals surface area contributed by atoms with Crippen molar-refractivity contribution < 1.29 is 23.8 Å². The number of methoxy groups -OCH3 is 2. The Morgan fingerprint density at radius 1 is 1.03 bits per heavy atom. The number of nitrogens with one attached hydrogen (secondary N) is 1. The van der Waals surface area contributed by atoms with Crippen LogP contribution >= 0.6 is 0 Å². The van der Waals surface area contributed by atoms with Gasteiger partial charge in [0.1, 0.15) is 0 Å². The number of amides is 1. The van der Waals surface area contributed by atoms with E-state index in [9.17, 15) is 14.4 Å². The van der Waals surface area contributed by atoms with Gasteiger partial charge in [0.2, 0.25) is 0 Å². The molecule has 1 amide bonds. The van der Waals surface area contributed by atoms with Crippen molar-refractivity contribution in [2.45, 2.75) is 26.4 Å². The van der Waals surface area contributed by atoms with E-state index in [1.807, 2.05) is 6.92 Å². The lowest BCUT2D eigenvalue weighted by atomic mass is 10.1. The summed E-state index contributed by atoms with van der Waals surface area (Å²) in [6.45, 7) is 2.02. The van der Waals surface area contributed by atoms with Gasteiger partial charge in [-0.15, -0.1) is 0 Å². The van der Waals surface area contributed by atoms with Crippen molar-refractivity contribution in [3.8, 4) is 11.5 Å². The van der Waals surface area contributed by atoms with E-state index in [0.717, 1.165) is 5.56 Å². The van der Waals surface area contributed by atoms with Gasteiger partial charge in [-0.2, -0.15) is 5.10 Å². The Labute approximate surface area is 184 Å². The van der Waals surface area contributed by atoms with Crippen LogP contribution in [-0.4, -0.2) is 42.5 Å². The monoisotopic (exact) mass is 439 g/mol. The highest BCUT2D eigenvalue weighted by molar-refractivity contribution is 6.02. The van der Waals surface area contributed by atoms with Crippen LogP contribution in [-0.2, 0) is 22.6 Å². The molecule has 0 spiro atoms. The van der Waals surface area contributed by atoms with Crippen molar-refractivity contribution >= 4 is 22.6 Å². The summed E-state index contributed by atoms with van der Waals surface area (Å²) >= 11 is 0. The number of benzene rings is 2. The van der Waals surface area contributed by atoms with Crippen LogP contribution in [0.15, 0.2) is 47.3 Å². The van der Waals surface area contributed by atoms with Gasteiger partial charge in [0.15, 0.2) is 23.8 Å². The molecule has 1 heterocycles. The summed E-state index contributed by atoms with van der Waals surface area (Å²) in [4.78, 5) is 37.4. The van der Waals surface area contributed by atoms with Gasteiger partial charge < -0.3 is 19.5 Å². The van der Waals surface area contributed by atoms with Crippen LogP contribution in [0.3, 0.4) is 0 Å². The van der Waals surface area contributed by atoms with Crippen LogP contribution in [0.2, 0.25) is 0 Å². The summed E-state index contributed by atoms with van der Waals surface area (Å²) in [7, 11) is 3.07. The summed E-state index contributed by atoms with van der Waals surface area (Å²) in [6, 6.07) is 12.0. The SMILES string of the molecule is CCCn1nc(C(=O)OCC(=O)NCc2ccc(OC)c(OC)c2)c2ccccc2c1=O. The van der Waals surface area contributed by atoms with Crippen molar-refractivity contribution in [2.24, 2.45) is 0 Å². The highest BCUT2D eigenvalue weighted by Crippen LogP contribution is 2.27. The van der Waals surface area contributed by atoms with Crippen molar-refractivity contribution in [1.82, 2.24) is 15.1 Å². The number of carbonyl (C=O) groups excluding carboxylic acids is 2. The minimum atomic E-state index is -0.771. The molecule has 0 radical (unpaired) electrons. The van der Waals surface area contributed by atoms with Gasteiger partial charge >= 0.3 is 5.97 Å². The minimum absolute atomic E-state index is 0.00124. The molecule has 168 valence electrons. The average molecular weight is 439 g/mol. The molecule has 0 atom stereocenters. The number of nitrogens with zero attached hydrogens (tertiary/aromatic N) is 2. The van der Waals surface area contributed by atoms with Gasteiger partial charge in [0.25, 0.3) is 11.5 Å². The highest BCUT2D eigenvalue weighted by atomic mass is 16.5. The first-order valence-electron chi connectivity index (χ1n) is 10.1. The zero-order chi connectivity index (χ0) is 23.1. The number of aryl methyl sites for hydroxylation is 1. The van der Waals surface area contributed by atoms with Gasteiger partial charge in [0.05, 0.1) is 19.6 Å². The van der Waals surface area contributed by atoms with Gasteiger partial charge in [-0.1, -0.05) is 31.2 Å². The summed E-state index contributed by atoms with van der Waals surface area (Å²) in [5.41, 5.74) is 0.523. The molecular weight excluding hydrogens is 414 g/mol. The number of hydrogen-bond acceptors (Lipinski definition) is 7. The van der Waals surface area contributed by atoms with Crippen LogP contribution in [0.4, 0.5) is 0 Å². The fourth-order valence-electron chi connectivity index (χ4n) is 3.19. The zero-order valence-corrected chi connectivity index (χ0v) is 18.2. The van der Waals surface area contributed by atoms with Gasteiger partial charge in [-0.25, -0.2) is 9.48 Å². The van der Waals surface area contributed by atoms with Gasteiger partial charge in [0, 0.05) is 18.5 Å². The molecule has 0 saturated heterocycles. The third kappa shape index (κ3) is 5.05. The molecule has 3 rings (SSSR count). The molecule has 0 unspecified atom stereocenters. The lowest BCUT2D eigenvalue weighted by Gasteiger charge is -2.11. The van der Waals surface area contributed by atoms with E-state index in [1.54, 1.807) is 49.6 Å². The number of hydrogen-bond donors (Lipinski definition) is 1. The number of ether oxygens (including phenoxy) is 3. The number of fused-ring (bicyclic) bond motifs is 1. The molecule has 2 aromatic carbocycles. The lowest BCUT2D eigenvalue weighted by Crippen LogP contribution is -2.30. The van der Waals surface area contributed by atoms with Crippen molar-refractivity contribution in [1.29, 1.82) is 0 Å². The Hall–Kier alpha value is -3.88. The summed E-state index contributed by atoms with van der Waals surface area (Å²) in [5.74, 6) is -0.113. The van der Waals surface area contributed by atoms with E-state index >= 15 is 0 Å². The maximum Gasteiger partial charge on any atom is 0.359 e. The molecule has 32 heavy (non-hydrogen) atoms. The number of carbonyl (C=O) groups is 2. The molecule has 9 heteroatoms. The van der Waals surface area contributed by atoms with E-state index in [-0.39, 0.29) is 17.8 Å². The minimum Gasteiger partial charge on any atom is -0.493 e. The first kappa shape index (κ1) is 22.8. The highest BCUT2D eigenvalue weighted by Gasteiger charge is 2.19. The largest absolute Gasteiger partial charge is 0.493 e. The topological polar surface area (TPSA) is 109 Å². The third-order valence-corrected chi connectivity index (χ3v) is 4.77. The van der Waals surface area contributed by atoms with E-state index in [0.29, 0.717) is 35.2 Å². The molecule has 1 aromatic heterocycles. The van der Waals surface area contributed by atoms with E-state index < -0.39 is 18.5 Å². The lowest BCUT2D eigenvalue weighted by molar-refractivity contribution is -0.124. The van der Waals surface area contributed by atoms with Crippen LogP contribution < -0.4 is 20.3 Å². The standard InChI is InChI=1S/C23H25N3O6/c1-4-11-26-22(28)17-8-6-5-7-16(17)21(25-26)23(29)32-14-20(27)24-13-15-9-10-18(30-2)19(12-15)31-3/h5-10,12H,4,11,13-14H2,1-3H3,(H,24,27). The molecule has 1 N–H and O–H groups in total. The summed E-state index contributed by atoms with van der Waals surface area (Å²) in [5, 5.41) is 7.62. The first-order chi connectivity index (χ1) is 15.5. The Bertz CT molecular complexity index is 1190. The molecule has 0 aliphatic carbocycles. The molecule has 0 saturated carbocycles. The summed E-state index contributed by atoms with van der Waals surface area (Å²) in [6.07, 6.45) is 0.679. The van der Waals surface area contributed by atoms with E-state index in [1.165, 1.54) is 11.8 Å². The number of aromatic nitrogens is 2. The Balaban J connectivity index is 1.67. The van der Waals surface area contributed by atoms with Crippen LogP contribution in [0.25, 0.3) is 10.8 Å². The average Bonchev–Trinajstić information content (AvgIpc) is 2.82. The first-order valence-corrected chi connectivity index (χ1v) is 10.1. The fraction of sp³-hybridized carbons (Fsp3) is 0.304. The van der Waals surface area contributed by atoms with Crippen LogP contribution in [0, 0.1) is 0 Å². The van der Waals surface area contributed by atoms with Crippen molar-refractivity contribution in [3.63, 3.8) is 0 Å². The second kappa shape index (κ2) is 10.4. The van der Waals surface area contributed by atoms with Crippen LogP contribution in [0.1, 0.15) is 29.4 Å². The molecular formula is C23H25N3O6. The van der Waals surface area contributed by atoms with E-state index in [4.69, 9.17) is 14.2 Å². The molecule has 0 aliphatic heterocycles. The fourth-order valence-corrected chi connectivity index (χ4v) is 3.19. The van der Waals surface area contributed by atoms with Crippen molar-refractivity contribution in [2.75, 3.05) is 20.8 Å². The second-order valence-electron chi connectivity index (χ2n) is 6.96.